The molecule has 0 aliphatic heterocycles. The van der Waals surface area contributed by atoms with Crippen molar-refractivity contribution in [1.29, 1.82) is 5.26 Å². The molecular formula is C13H9FN2. The van der Waals surface area contributed by atoms with Crippen molar-refractivity contribution in [2.75, 3.05) is 5.73 Å². The maximum atomic E-state index is 13.2. The van der Waals surface area contributed by atoms with E-state index in [1.165, 1.54) is 12.1 Å². The summed E-state index contributed by atoms with van der Waals surface area (Å²) in [5, 5.41) is 8.75. The SMILES string of the molecule is N#Cc1cc(F)cc(-c2cccc(N)c2)c1. The maximum Gasteiger partial charge on any atom is 0.125 e. The van der Waals surface area contributed by atoms with E-state index in [4.69, 9.17) is 11.0 Å². The fraction of sp³-hybridized carbons (Fsp3) is 0. The molecule has 16 heavy (non-hydrogen) atoms. The minimum Gasteiger partial charge on any atom is -0.399 e. The number of nitrogen functional groups attached to an aromatic ring is 1. The average Bonchev–Trinajstić information content (AvgIpc) is 2.28. The molecule has 0 spiro atoms. The molecule has 0 atom stereocenters. The van der Waals surface area contributed by atoms with Crippen molar-refractivity contribution in [1.82, 2.24) is 0 Å². The van der Waals surface area contributed by atoms with Crippen LogP contribution in [0.25, 0.3) is 11.1 Å². The number of nitrogens with zero attached hydrogens (tertiary/aromatic N) is 1. The number of rotatable bonds is 1. The van der Waals surface area contributed by atoms with Gasteiger partial charge in [0.15, 0.2) is 0 Å². The van der Waals surface area contributed by atoms with Crippen LogP contribution in [0.15, 0.2) is 42.5 Å². The van der Waals surface area contributed by atoms with Crippen LogP contribution in [-0.2, 0) is 0 Å². The van der Waals surface area contributed by atoms with Crippen LogP contribution in [-0.4, -0.2) is 0 Å². The van der Waals surface area contributed by atoms with Gasteiger partial charge in [0, 0.05) is 5.69 Å². The number of halogens is 1. The van der Waals surface area contributed by atoms with Crippen LogP contribution in [0.1, 0.15) is 5.56 Å². The van der Waals surface area contributed by atoms with Gasteiger partial charge in [0.05, 0.1) is 11.6 Å². The molecule has 2 N–H and O–H groups in total. The first-order valence-corrected chi connectivity index (χ1v) is 4.75. The van der Waals surface area contributed by atoms with Gasteiger partial charge >= 0.3 is 0 Å². The van der Waals surface area contributed by atoms with Gasteiger partial charge in [-0.05, 0) is 41.5 Å². The Morgan fingerprint density at radius 1 is 1.06 bits per heavy atom. The number of hydrogen-bond donors (Lipinski definition) is 1. The fourth-order valence-electron chi connectivity index (χ4n) is 1.54. The first kappa shape index (κ1) is 10.2. The Morgan fingerprint density at radius 2 is 1.88 bits per heavy atom. The van der Waals surface area contributed by atoms with E-state index in [0.29, 0.717) is 16.8 Å². The summed E-state index contributed by atoms with van der Waals surface area (Å²) in [4.78, 5) is 0. The van der Waals surface area contributed by atoms with E-state index >= 15 is 0 Å². The van der Waals surface area contributed by atoms with E-state index in [2.05, 4.69) is 0 Å². The molecule has 2 rings (SSSR count). The van der Waals surface area contributed by atoms with Crippen LogP contribution in [0, 0.1) is 17.1 Å². The second kappa shape index (κ2) is 4.03. The summed E-state index contributed by atoms with van der Waals surface area (Å²) in [6.07, 6.45) is 0. The topological polar surface area (TPSA) is 49.8 Å². The molecule has 3 heteroatoms. The highest BCUT2D eigenvalue weighted by Crippen LogP contribution is 2.23. The van der Waals surface area contributed by atoms with Crippen molar-refractivity contribution < 1.29 is 4.39 Å². The highest BCUT2D eigenvalue weighted by molar-refractivity contribution is 5.68. The van der Waals surface area contributed by atoms with E-state index in [9.17, 15) is 4.39 Å². The molecule has 0 bridgehead atoms. The second-order valence-electron chi connectivity index (χ2n) is 3.47. The van der Waals surface area contributed by atoms with E-state index in [1.54, 1.807) is 24.3 Å². The van der Waals surface area contributed by atoms with Gasteiger partial charge in [-0.15, -0.1) is 0 Å². The van der Waals surface area contributed by atoms with Crippen molar-refractivity contribution >= 4 is 5.69 Å². The van der Waals surface area contributed by atoms with Crippen LogP contribution in [0.4, 0.5) is 10.1 Å². The smallest absolute Gasteiger partial charge is 0.125 e. The van der Waals surface area contributed by atoms with E-state index in [1.807, 2.05) is 12.1 Å². The molecule has 0 saturated carbocycles. The molecule has 0 amide bonds. The highest BCUT2D eigenvalue weighted by atomic mass is 19.1. The van der Waals surface area contributed by atoms with Crippen LogP contribution >= 0.6 is 0 Å². The van der Waals surface area contributed by atoms with Crippen LogP contribution in [0.3, 0.4) is 0 Å². The summed E-state index contributed by atoms with van der Waals surface area (Å²) < 4.78 is 13.2. The van der Waals surface area contributed by atoms with E-state index < -0.39 is 5.82 Å². The predicted molar refractivity (Wildman–Crippen MR) is 61.0 cm³/mol. The third-order valence-corrected chi connectivity index (χ3v) is 2.25. The average molecular weight is 212 g/mol. The molecule has 0 heterocycles. The van der Waals surface area contributed by atoms with Gasteiger partial charge in [-0.3, -0.25) is 0 Å². The lowest BCUT2D eigenvalue weighted by Gasteiger charge is -2.03. The van der Waals surface area contributed by atoms with Gasteiger partial charge in [0.2, 0.25) is 0 Å². The molecule has 2 nitrogen and oxygen atoms in total. The molecular weight excluding hydrogens is 203 g/mol. The molecule has 0 radical (unpaired) electrons. The number of nitrogens with two attached hydrogens (primary N) is 1. The summed E-state index contributed by atoms with van der Waals surface area (Å²) in [6, 6.07) is 13.3. The Labute approximate surface area is 92.8 Å². The number of benzene rings is 2. The summed E-state index contributed by atoms with van der Waals surface area (Å²) in [6.45, 7) is 0. The van der Waals surface area contributed by atoms with Gasteiger partial charge in [0.1, 0.15) is 5.82 Å². The normalized spacial score (nSPS) is 9.75. The zero-order valence-electron chi connectivity index (χ0n) is 8.44. The Kier molecular flexibility index (Phi) is 2.57. The van der Waals surface area contributed by atoms with Crippen LogP contribution < -0.4 is 5.73 Å². The van der Waals surface area contributed by atoms with Gasteiger partial charge < -0.3 is 5.73 Å². The minimum atomic E-state index is -0.420. The summed E-state index contributed by atoms with van der Waals surface area (Å²) in [5.41, 5.74) is 8.02. The van der Waals surface area contributed by atoms with Crippen LogP contribution in [0.2, 0.25) is 0 Å². The lowest BCUT2D eigenvalue weighted by Crippen LogP contribution is -1.87. The summed E-state index contributed by atoms with van der Waals surface area (Å²) >= 11 is 0. The van der Waals surface area contributed by atoms with Crippen molar-refractivity contribution in [2.45, 2.75) is 0 Å². The third-order valence-electron chi connectivity index (χ3n) is 2.25. The molecule has 78 valence electrons. The number of nitriles is 1. The Balaban J connectivity index is 2.56. The Hall–Kier alpha value is -2.34. The Bertz CT molecular complexity index is 570. The summed E-state index contributed by atoms with van der Waals surface area (Å²) in [5.74, 6) is -0.420. The standard InChI is InChI=1S/C13H9FN2/c14-12-5-9(8-15)4-11(6-12)10-2-1-3-13(16)7-10/h1-7H,16H2. The molecule has 0 aromatic heterocycles. The van der Waals surface area contributed by atoms with Crippen molar-refractivity contribution in [3.8, 4) is 17.2 Å². The van der Waals surface area contributed by atoms with Gasteiger partial charge in [-0.25, -0.2) is 4.39 Å². The molecule has 2 aromatic carbocycles. The largest absolute Gasteiger partial charge is 0.399 e. The zero-order chi connectivity index (χ0) is 11.5. The molecule has 0 saturated heterocycles. The zero-order valence-corrected chi connectivity index (χ0v) is 8.44. The lowest BCUT2D eigenvalue weighted by atomic mass is 10.0. The van der Waals surface area contributed by atoms with E-state index in [-0.39, 0.29) is 0 Å². The third kappa shape index (κ3) is 2.01. The molecule has 0 fully saturated rings. The maximum absolute atomic E-state index is 13.2. The molecule has 0 aliphatic carbocycles. The highest BCUT2D eigenvalue weighted by Gasteiger charge is 2.03. The first-order valence-electron chi connectivity index (χ1n) is 4.75. The lowest BCUT2D eigenvalue weighted by molar-refractivity contribution is 0.628. The predicted octanol–water partition coefficient (Wildman–Crippen LogP) is 2.95. The number of hydrogen-bond acceptors (Lipinski definition) is 2. The van der Waals surface area contributed by atoms with Crippen molar-refractivity contribution in [3.05, 3.63) is 53.8 Å². The Morgan fingerprint density at radius 3 is 2.56 bits per heavy atom. The monoisotopic (exact) mass is 212 g/mol. The van der Waals surface area contributed by atoms with E-state index in [0.717, 1.165) is 5.56 Å². The minimum absolute atomic E-state index is 0.303. The van der Waals surface area contributed by atoms with Crippen LogP contribution in [0.5, 0.6) is 0 Å². The van der Waals surface area contributed by atoms with Gasteiger partial charge in [-0.1, -0.05) is 12.1 Å². The van der Waals surface area contributed by atoms with Gasteiger partial charge in [-0.2, -0.15) is 5.26 Å². The summed E-state index contributed by atoms with van der Waals surface area (Å²) in [7, 11) is 0. The molecule has 2 aromatic rings. The van der Waals surface area contributed by atoms with Crippen molar-refractivity contribution in [2.24, 2.45) is 0 Å². The fourth-order valence-corrected chi connectivity index (χ4v) is 1.54. The second-order valence-corrected chi connectivity index (χ2v) is 3.47. The molecule has 0 aliphatic rings. The number of anilines is 1. The van der Waals surface area contributed by atoms with Gasteiger partial charge in [0.25, 0.3) is 0 Å². The van der Waals surface area contributed by atoms with Crippen molar-refractivity contribution in [3.63, 3.8) is 0 Å². The first-order chi connectivity index (χ1) is 7.69. The quantitative estimate of drug-likeness (QED) is 0.739. The molecule has 0 unspecified atom stereocenters.